The number of aryl methyl sites for hydroxylation is 1. The highest BCUT2D eigenvalue weighted by Crippen LogP contribution is 2.48. The number of hydrogen-bond donors (Lipinski definition) is 0. The van der Waals surface area contributed by atoms with E-state index in [2.05, 4.69) is 58.2 Å². The van der Waals surface area contributed by atoms with Gasteiger partial charge in [-0.2, -0.15) is 5.10 Å². The Labute approximate surface area is 190 Å². The van der Waals surface area contributed by atoms with E-state index in [0.29, 0.717) is 11.5 Å². The van der Waals surface area contributed by atoms with Crippen molar-refractivity contribution in [1.82, 2.24) is 5.01 Å². The fourth-order valence-electron chi connectivity index (χ4n) is 4.20. The normalized spacial score (nSPS) is 19.2. The summed E-state index contributed by atoms with van der Waals surface area (Å²) >= 11 is 3.61. The first-order valence-electron chi connectivity index (χ1n) is 10.2. The van der Waals surface area contributed by atoms with Gasteiger partial charge in [-0.15, -0.1) is 0 Å². The second-order valence-corrected chi connectivity index (χ2v) is 8.70. The second kappa shape index (κ2) is 7.93. The largest absolute Gasteiger partial charge is 0.493 e. The summed E-state index contributed by atoms with van der Waals surface area (Å²) in [5.41, 5.74) is 5.46. The lowest BCUT2D eigenvalue weighted by Gasteiger charge is -2.38. The summed E-state index contributed by atoms with van der Waals surface area (Å²) in [5, 5.41) is 7.12. The van der Waals surface area contributed by atoms with Crippen LogP contribution < -0.4 is 14.2 Å². The van der Waals surface area contributed by atoms with E-state index < -0.39 is 0 Å². The molecule has 0 amide bonds. The van der Waals surface area contributed by atoms with Crippen LogP contribution in [0.15, 0.2) is 70.2 Å². The number of hydrogen-bond acceptors (Lipinski definition) is 5. The molecule has 0 radical (unpaired) electrons. The molecule has 2 atom stereocenters. The summed E-state index contributed by atoms with van der Waals surface area (Å²) in [4.78, 5) is 0. The summed E-state index contributed by atoms with van der Waals surface area (Å²) in [6.45, 7) is 2.09. The average Bonchev–Trinajstić information content (AvgIpc) is 3.24. The van der Waals surface area contributed by atoms with Gasteiger partial charge < -0.3 is 14.2 Å². The van der Waals surface area contributed by atoms with Crippen LogP contribution >= 0.6 is 15.9 Å². The summed E-state index contributed by atoms with van der Waals surface area (Å²) in [7, 11) is 3.29. The standard InChI is InChI=1S/C25H23BrN2O3/c1-15-4-6-16(7-5-15)25-28-21(19-13-18(26)9-11-22(19)31-25)14-20(27-28)17-8-10-23(29-2)24(12-17)30-3/h4-13,21,25H,14H2,1-3H3/t21-,25+/m0/s1. The van der Waals surface area contributed by atoms with Crippen molar-refractivity contribution in [1.29, 1.82) is 0 Å². The molecular weight excluding hydrogens is 456 g/mol. The molecule has 0 spiro atoms. The van der Waals surface area contributed by atoms with Gasteiger partial charge in [-0.05, 0) is 43.3 Å². The molecule has 31 heavy (non-hydrogen) atoms. The molecule has 0 fully saturated rings. The first kappa shape index (κ1) is 19.9. The van der Waals surface area contributed by atoms with Gasteiger partial charge in [0.2, 0.25) is 6.23 Å². The summed E-state index contributed by atoms with van der Waals surface area (Å²) < 4.78 is 18.4. The zero-order chi connectivity index (χ0) is 21.5. The molecule has 5 rings (SSSR count). The van der Waals surface area contributed by atoms with E-state index in [0.717, 1.165) is 39.0 Å². The molecule has 0 N–H and O–H groups in total. The maximum atomic E-state index is 6.45. The molecule has 0 saturated carbocycles. The van der Waals surface area contributed by atoms with Crippen LogP contribution in [0.4, 0.5) is 0 Å². The number of ether oxygens (including phenoxy) is 3. The SMILES string of the molecule is COc1ccc(C2=NN3[C@@H](c4ccc(C)cc4)Oc4ccc(Br)cc4[C@@H]3C2)cc1OC. The highest BCUT2D eigenvalue weighted by molar-refractivity contribution is 9.10. The average molecular weight is 479 g/mol. The van der Waals surface area contributed by atoms with Crippen molar-refractivity contribution >= 4 is 21.6 Å². The Morgan fingerprint density at radius 1 is 0.968 bits per heavy atom. The van der Waals surface area contributed by atoms with Gasteiger partial charge >= 0.3 is 0 Å². The second-order valence-electron chi connectivity index (χ2n) is 7.78. The number of hydrazone groups is 1. The van der Waals surface area contributed by atoms with E-state index >= 15 is 0 Å². The molecule has 2 heterocycles. The fourth-order valence-corrected chi connectivity index (χ4v) is 4.58. The highest BCUT2D eigenvalue weighted by Gasteiger charge is 2.41. The van der Waals surface area contributed by atoms with Gasteiger partial charge in [-0.25, -0.2) is 5.01 Å². The van der Waals surface area contributed by atoms with Crippen LogP contribution in [0, 0.1) is 6.92 Å². The van der Waals surface area contributed by atoms with Crippen molar-refractivity contribution < 1.29 is 14.2 Å². The monoisotopic (exact) mass is 478 g/mol. The third-order valence-corrected chi connectivity index (χ3v) is 6.32. The smallest absolute Gasteiger partial charge is 0.213 e. The first-order chi connectivity index (χ1) is 15.1. The predicted molar refractivity (Wildman–Crippen MR) is 124 cm³/mol. The minimum absolute atomic E-state index is 0.0932. The number of methoxy groups -OCH3 is 2. The van der Waals surface area contributed by atoms with Crippen molar-refractivity contribution in [2.24, 2.45) is 5.10 Å². The molecule has 3 aromatic rings. The van der Waals surface area contributed by atoms with Gasteiger partial charge in [0.1, 0.15) is 5.75 Å². The molecule has 0 aliphatic carbocycles. The van der Waals surface area contributed by atoms with Gasteiger partial charge in [-0.3, -0.25) is 0 Å². The van der Waals surface area contributed by atoms with Crippen LogP contribution in [0.3, 0.4) is 0 Å². The molecule has 158 valence electrons. The van der Waals surface area contributed by atoms with Crippen molar-refractivity contribution in [3.63, 3.8) is 0 Å². The molecular formula is C25H23BrN2O3. The third-order valence-electron chi connectivity index (χ3n) is 5.83. The lowest BCUT2D eigenvalue weighted by atomic mass is 9.95. The molecule has 6 heteroatoms. The lowest BCUT2D eigenvalue weighted by Crippen LogP contribution is -2.33. The van der Waals surface area contributed by atoms with Crippen molar-refractivity contribution in [3.8, 4) is 17.2 Å². The Morgan fingerprint density at radius 3 is 2.48 bits per heavy atom. The molecule has 3 aromatic carbocycles. The maximum Gasteiger partial charge on any atom is 0.213 e. The van der Waals surface area contributed by atoms with Crippen LogP contribution in [-0.4, -0.2) is 24.9 Å². The Morgan fingerprint density at radius 2 is 1.74 bits per heavy atom. The maximum absolute atomic E-state index is 6.45. The summed E-state index contributed by atoms with van der Waals surface area (Å²) in [6, 6.07) is 20.7. The number of rotatable bonds is 4. The molecule has 0 bridgehead atoms. The van der Waals surface area contributed by atoms with Crippen LogP contribution in [0.25, 0.3) is 0 Å². The molecule has 0 unspecified atom stereocenters. The quantitative estimate of drug-likeness (QED) is 0.459. The van der Waals surface area contributed by atoms with E-state index in [9.17, 15) is 0 Å². The van der Waals surface area contributed by atoms with Crippen LogP contribution in [0.2, 0.25) is 0 Å². The van der Waals surface area contributed by atoms with Crippen molar-refractivity contribution in [2.45, 2.75) is 25.6 Å². The Kier molecular flexibility index (Phi) is 5.10. The van der Waals surface area contributed by atoms with Crippen LogP contribution in [0.1, 0.15) is 40.9 Å². The lowest BCUT2D eigenvalue weighted by molar-refractivity contribution is -0.0190. The molecule has 0 aromatic heterocycles. The van der Waals surface area contributed by atoms with Gasteiger partial charge in [0.05, 0.1) is 26.0 Å². The van der Waals surface area contributed by atoms with Gasteiger partial charge in [0.25, 0.3) is 0 Å². The Bertz CT molecular complexity index is 1160. The summed E-state index contributed by atoms with van der Waals surface area (Å²) in [5.74, 6) is 2.30. The molecule has 5 nitrogen and oxygen atoms in total. The Balaban J connectivity index is 1.58. The number of halogens is 1. The van der Waals surface area contributed by atoms with E-state index in [1.54, 1.807) is 14.2 Å². The highest BCUT2D eigenvalue weighted by atomic mass is 79.9. The van der Waals surface area contributed by atoms with Crippen molar-refractivity contribution in [3.05, 3.63) is 87.4 Å². The van der Waals surface area contributed by atoms with Crippen LogP contribution in [-0.2, 0) is 0 Å². The van der Waals surface area contributed by atoms with E-state index in [1.165, 1.54) is 5.56 Å². The third kappa shape index (κ3) is 3.55. The zero-order valence-electron chi connectivity index (χ0n) is 17.6. The van der Waals surface area contributed by atoms with Gasteiger partial charge in [0, 0.05) is 27.6 Å². The van der Waals surface area contributed by atoms with E-state index in [-0.39, 0.29) is 12.3 Å². The molecule has 0 saturated heterocycles. The van der Waals surface area contributed by atoms with Gasteiger partial charge in [0.15, 0.2) is 11.5 Å². The topological polar surface area (TPSA) is 43.3 Å². The van der Waals surface area contributed by atoms with Crippen molar-refractivity contribution in [2.75, 3.05) is 14.2 Å². The predicted octanol–water partition coefficient (Wildman–Crippen LogP) is 6.02. The number of nitrogens with zero attached hydrogens (tertiary/aromatic N) is 2. The fraction of sp³-hybridized carbons (Fsp3) is 0.240. The molecule has 2 aliphatic rings. The number of benzene rings is 3. The number of fused-ring (bicyclic) bond motifs is 3. The van der Waals surface area contributed by atoms with Gasteiger partial charge in [-0.1, -0.05) is 45.8 Å². The summed E-state index contributed by atoms with van der Waals surface area (Å²) in [6.07, 6.45) is 0.502. The zero-order valence-corrected chi connectivity index (χ0v) is 19.2. The van der Waals surface area contributed by atoms with E-state index in [1.807, 2.05) is 30.3 Å². The molecule has 2 aliphatic heterocycles. The minimum atomic E-state index is -0.281. The van der Waals surface area contributed by atoms with Crippen LogP contribution in [0.5, 0.6) is 17.2 Å². The first-order valence-corrected chi connectivity index (χ1v) is 11.0. The minimum Gasteiger partial charge on any atom is -0.493 e. The Hall–Kier alpha value is -2.99. The van der Waals surface area contributed by atoms with E-state index in [4.69, 9.17) is 19.3 Å².